The molecule has 0 saturated carbocycles. The highest BCUT2D eigenvalue weighted by Gasteiger charge is 2.36. The van der Waals surface area contributed by atoms with Crippen molar-refractivity contribution in [3.63, 3.8) is 0 Å². The van der Waals surface area contributed by atoms with E-state index in [4.69, 9.17) is 11.6 Å². The summed E-state index contributed by atoms with van der Waals surface area (Å²) < 4.78 is 0. The smallest absolute Gasteiger partial charge is 0.321 e. The predicted molar refractivity (Wildman–Crippen MR) is 82.2 cm³/mol. The number of imide groups is 1. The summed E-state index contributed by atoms with van der Waals surface area (Å²) in [5, 5.41) is 5.61. The maximum absolute atomic E-state index is 12.1. The quantitative estimate of drug-likeness (QED) is 0.897. The number of carbonyl (C=O) groups is 2. The summed E-state index contributed by atoms with van der Waals surface area (Å²) in [5.74, 6) is -0.278. The number of nitrogens with one attached hydrogen (secondary N) is 2. The maximum atomic E-state index is 12.1. The molecule has 0 aromatic heterocycles. The predicted octanol–water partition coefficient (Wildman–Crippen LogP) is 2.32. The molecule has 0 radical (unpaired) electrons. The lowest BCUT2D eigenvalue weighted by atomic mass is 9.92. The molecule has 5 nitrogen and oxygen atoms in total. The summed E-state index contributed by atoms with van der Waals surface area (Å²) in [7, 11) is 0. The molecule has 2 rings (SSSR count). The fourth-order valence-electron chi connectivity index (χ4n) is 2.49. The van der Waals surface area contributed by atoms with Crippen LogP contribution in [0.1, 0.15) is 31.9 Å². The number of hydrogen-bond acceptors (Lipinski definition) is 3. The Kier molecular flexibility index (Phi) is 5.20. The molecule has 1 fully saturated rings. The largest absolute Gasteiger partial charge is 0.338 e. The fourth-order valence-corrected chi connectivity index (χ4v) is 2.61. The van der Waals surface area contributed by atoms with Crippen LogP contribution in [0.2, 0.25) is 5.02 Å². The molecule has 1 aromatic carbocycles. The number of urea groups is 1. The second-order valence-electron chi connectivity index (χ2n) is 5.12. The third-order valence-corrected chi connectivity index (χ3v) is 4.02. The van der Waals surface area contributed by atoms with Crippen LogP contribution in [0.5, 0.6) is 0 Å². The minimum Gasteiger partial charge on any atom is -0.338 e. The van der Waals surface area contributed by atoms with E-state index in [0.29, 0.717) is 11.6 Å². The normalized spacial score (nSPS) is 19.5. The second kappa shape index (κ2) is 6.91. The molecule has 1 aliphatic rings. The van der Waals surface area contributed by atoms with Gasteiger partial charge in [0.15, 0.2) is 0 Å². The van der Waals surface area contributed by atoms with Gasteiger partial charge in [0.05, 0.1) is 6.04 Å². The first-order valence-electron chi connectivity index (χ1n) is 7.12. The van der Waals surface area contributed by atoms with E-state index >= 15 is 0 Å². The topological polar surface area (TPSA) is 61.4 Å². The highest BCUT2D eigenvalue weighted by atomic mass is 35.5. The lowest BCUT2D eigenvalue weighted by Gasteiger charge is -2.44. The first-order chi connectivity index (χ1) is 10.0. The zero-order chi connectivity index (χ0) is 15.4. The Balaban J connectivity index is 1.96. The van der Waals surface area contributed by atoms with E-state index in [-0.39, 0.29) is 18.0 Å². The van der Waals surface area contributed by atoms with Crippen LogP contribution in [0.3, 0.4) is 0 Å². The van der Waals surface area contributed by atoms with Crippen molar-refractivity contribution in [2.24, 2.45) is 0 Å². The average Bonchev–Trinajstić information content (AvgIpc) is 2.40. The van der Waals surface area contributed by atoms with E-state index < -0.39 is 6.03 Å². The van der Waals surface area contributed by atoms with Gasteiger partial charge in [0, 0.05) is 24.2 Å². The van der Waals surface area contributed by atoms with Gasteiger partial charge in [-0.3, -0.25) is 15.0 Å². The summed E-state index contributed by atoms with van der Waals surface area (Å²) in [4.78, 5) is 25.5. The summed E-state index contributed by atoms with van der Waals surface area (Å²) in [5.41, 5.74) is 1.14. The van der Waals surface area contributed by atoms with Crippen molar-refractivity contribution in [2.75, 3.05) is 13.1 Å². The molecule has 2 atom stereocenters. The molecule has 3 amide bonds. The highest BCUT2D eigenvalue weighted by Crippen LogP contribution is 2.35. The van der Waals surface area contributed by atoms with Gasteiger partial charge in [-0.05, 0) is 38.0 Å². The van der Waals surface area contributed by atoms with Crippen LogP contribution in [0.15, 0.2) is 24.3 Å². The van der Waals surface area contributed by atoms with Gasteiger partial charge in [0.25, 0.3) is 0 Å². The molecule has 0 bridgehead atoms. The number of halogens is 1. The molecule has 6 heteroatoms. The zero-order valence-corrected chi connectivity index (χ0v) is 13.0. The number of nitrogens with zero attached hydrogens (tertiary/aromatic N) is 1. The third kappa shape index (κ3) is 3.74. The van der Waals surface area contributed by atoms with Crippen LogP contribution in [-0.4, -0.2) is 36.0 Å². The van der Waals surface area contributed by atoms with Crippen LogP contribution in [0.25, 0.3) is 0 Å². The van der Waals surface area contributed by atoms with Gasteiger partial charge in [-0.25, -0.2) is 4.79 Å². The van der Waals surface area contributed by atoms with E-state index in [0.717, 1.165) is 18.5 Å². The van der Waals surface area contributed by atoms with Crippen molar-refractivity contribution in [1.82, 2.24) is 15.5 Å². The number of hydrogen-bond donors (Lipinski definition) is 2. The lowest BCUT2D eigenvalue weighted by molar-refractivity contribution is -0.128. The van der Waals surface area contributed by atoms with Crippen LogP contribution in [-0.2, 0) is 4.79 Å². The van der Waals surface area contributed by atoms with Crippen LogP contribution in [0, 0.1) is 0 Å². The summed E-state index contributed by atoms with van der Waals surface area (Å²) in [6.07, 6.45) is 1.00. The Morgan fingerprint density at radius 1 is 1.38 bits per heavy atom. The standard InChI is InChI=1S/C15H20ClN3O2/c1-3-17-15(21)18-14(20)10(2)19-9-8-13(19)11-4-6-12(16)7-5-11/h4-7,10,13H,3,8-9H2,1-2H3,(H2,17,18,20,21)/t10-,13+/m1/s1. The molecular weight excluding hydrogens is 290 g/mol. The maximum Gasteiger partial charge on any atom is 0.321 e. The van der Waals surface area contributed by atoms with E-state index in [9.17, 15) is 9.59 Å². The first-order valence-corrected chi connectivity index (χ1v) is 7.50. The Hall–Kier alpha value is -1.59. The molecule has 0 spiro atoms. The highest BCUT2D eigenvalue weighted by molar-refractivity contribution is 6.30. The SMILES string of the molecule is CCNC(=O)NC(=O)[C@@H](C)N1CC[C@H]1c1ccc(Cl)cc1. The molecule has 1 saturated heterocycles. The van der Waals surface area contributed by atoms with Gasteiger partial charge in [-0.15, -0.1) is 0 Å². The molecule has 21 heavy (non-hydrogen) atoms. The number of rotatable bonds is 4. The Labute approximate surface area is 129 Å². The van der Waals surface area contributed by atoms with Gasteiger partial charge in [-0.2, -0.15) is 0 Å². The number of carbonyl (C=O) groups excluding carboxylic acids is 2. The van der Waals surface area contributed by atoms with Crippen molar-refractivity contribution >= 4 is 23.5 Å². The van der Waals surface area contributed by atoms with Gasteiger partial charge in [-0.1, -0.05) is 23.7 Å². The minimum absolute atomic E-state index is 0.206. The monoisotopic (exact) mass is 309 g/mol. The summed E-state index contributed by atoms with van der Waals surface area (Å²) in [6, 6.07) is 7.08. The van der Waals surface area contributed by atoms with Crippen LogP contribution < -0.4 is 10.6 Å². The molecule has 114 valence electrons. The fraction of sp³-hybridized carbons (Fsp3) is 0.467. The number of amides is 3. The number of likely N-dealkylation sites (tertiary alicyclic amines) is 1. The van der Waals surface area contributed by atoms with Crippen molar-refractivity contribution < 1.29 is 9.59 Å². The summed E-state index contributed by atoms with van der Waals surface area (Å²) in [6.45, 7) is 4.96. The molecule has 1 aromatic rings. The Bertz CT molecular complexity index is 518. The van der Waals surface area contributed by atoms with Gasteiger partial charge in [0.1, 0.15) is 0 Å². The Morgan fingerprint density at radius 3 is 2.57 bits per heavy atom. The zero-order valence-electron chi connectivity index (χ0n) is 12.2. The van der Waals surface area contributed by atoms with E-state index in [2.05, 4.69) is 15.5 Å². The summed E-state index contributed by atoms with van der Waals surface area (Å²) >= 11 is 5.89. The molecule has 1 heterocycles. The first kappa shape index (κ1) is 15.8. The average molecular weight is 310 g/mol. The van der Waals surface area contributed by atoms with Crippen molar-refractivity contribution in [3.05, 3.63) is 34.9 Å². The third-order valence-electron chi connectivity index (χ3n) is 3.77. The van der Waals surface area contributed by atoms with E-state index in [1.165, 1.54) is 0 Å². The molecular formula is C15H20ClN3O2. The van der Waals surface area contributed by atoms with Crippen LogP contribution >= 0.6 is 11.6 Å². The van der Waals surface area contributed by atoms with E-state index in [1.54, 1.807) is 6.92 Å². The molecule has 1 aliphatic heterocycles. The Morgan fingerprint density at radius 2 is 2.05 bits per heavy atom. The van der Waals surface area contributed by atoms with Crippen molar-refractivity contribution in [1.29, 1.82) is 0 Å². The molecule has 0 unspecified atom stereocenters. The molecule has 0 aliphatic carbocycles. The van der Waals surface area contributed by atoms with Crippen LogP contribution in [0.4, 0.5) is 4.79 Å². The lowest BCUT2D eigenvalue weighted by Crippen LogP contribution is -2.54. The van der Waals surface area contributed by atoms with Crippen molar-refractivity contribution in [2.45, 2.75) is 32.4 Å². The molecule has 2 N–H and O–H groups in total. The second-order valence-corrected chi connectivity index (χ2v) is 5.55. The van der Waals surface area contributed by atoms with Crippen molar-refractivity contribution in [3.8, 4) is 0 Å². The van der Waals surface area contributed by atoms with Gasteiger partial charge in [0.2, 0.25) is 5.91 Å². The minimum atomic E-state index is -0.446. The van der Waals surface area contributed by atoms with Gasteiger partial charge < -0.3 is 5.32 Å². The van der Waals surface area contributed by atoms with Gasteiger partial charge >= 0.3 is 6.03 Å². The van der Waals surface area contributed by atoms with E-state index in [1.807, 2.05) is 31.2 Å². The number of benzene rings is 1.